The highest BCUT2D eigenvalue weighted by atomic mass is 19.1. The minimum atomic E-state index is -0.527. The van der Waals surface area contributed by atoms with Gasteiger partial charge < -0.3 is 10.5 Å². The Bertz CT molecular complexity index is 426. The van der Waals surface area contributed by atoms with Crippen molar-refractivity contribution in [2.24, 2.45) is 5.73 Å². The van der Waals surface area contributed by atoms with Gasteiger partial charge in [0.1, 0.15) is 11.6 Å². The van der Waals surface area contributed by atoms with Gasteiger partial charge >= 0.3 is 0 Å². The molecule has 0 saturated carbocycles. The molecule has 0 spiro atoms. The minimum Gasteiger partial charge on any atom is -0.385 e. The van der Waals surface area contributed by atoms with E-state index in [0.29, 0.717) is 30.8 Å². The van der Waals surface area contributed by atoms with Gasteiger partial charge in [0.25, 0.3) is 0 Å². The molecule has 0 bridgehead atoms. The Hall–Kier alpha value is -1.04. The lowest BCUT2D eigenvalue weighted by Gasteiger charge is -2.23. The predicted molar refractivity (Wildman–Crippen MR) is 65.1 cm³/mol. The Morgan fingerprint density at radius 2 is 2.22 bits per heavy atom. The zero-order valence-corrected chi connectivity index (χ0v) is 10.5. The van der Waals surface area contributed by atoms with E-state index in [0.717, 1.165) is 19.0 Å². The molecule has 0 aromatic heterocycles. The number of nitrogens with two attached hydrogens (primary N) is 1. The van der Waals surface area contributed by atoms with Crippen LogP contribution < -0.4 is 5.73 Å². The number of benzene rings is 1. The summed E-state index contributed by atoms with van der Waals surface area (Å²) in [6.45, 7) is 2.31. The molecule has 0 radical (unpaired) electrons. The van der Waals surface area contributed by atoms with Crippen LogP contribution in [-0.2, 0) is 11.3 Å². The lowest BCUT2D eigenvalue weighted by molar-refractivity contribution is 0.156. The maximum absolute atomic E-state index is 13.8. The number of ether oxygens (including phenoxy) is 1. The summed E-state index contributed by atoms with van der Waals surface area (Å²) in [5, 5.41) is 0. The van der Waals surface area contributed by atoms with Crippen molar-refractivity contribution in [2.75, 3.05) is 26.8 Å². The van der Waals surface area contributed by atoms with E-state index in [2.05, 4.69) is 4.90 Å². The summed E-state index contributed by atoms with van der Waals surface area (Å²) in [5.41, 5.74) is 6.98. The largest absolute Gasteiger partial charge is 0.385 e. The average molecular weight is 256 g/mol. The van der Waals surface area contributed by atoms with Crippen molar-refractivity contribution in [1.29, 1.82) is 0 Å². The quantitative estimate of drug-likeness (QED) is 0.817. The van der Waals surface area contributed by atoms with Crippen LogP contribution in [0.4, 0.5) is 8.78 Å². The fourth-order valence-corrected chi connectivity index (χ4v) is 2.57. The van der Waals surface area contributed by atoms with Gasteiger partial charge in [-0.3, -0.25) is 4.90 Å². The van der Waals surface area contributed by atoms with Gasteiger partial charge in [-0.25, -0.2) is 8.78 Å². The molecule has 0 saturated heterocycles. The molecule has 1 aromatic carbocycles. The first-order valence-corrected chi connectivity index (χ1v) is 6.08. The SMILES string of the molecule is COCCCN1Cc2cc(F)cc(F)c2C1CN. The van der Waals surface area contributed by atoms with Crippen molar-refractivity contribution >= 4 is 0 Å². The van der Waals surface area contributed by atoms with Gasteiger partial charge in [-0.05, 0) is 18.1 Å². The smallest absolute Gasteiger partial charge is 0.131 e. The fourth-order valence-electron chi connectivity index (χ4n) is 2.57. The summed E-state index contributed by atoms with van der Waals surface area (Å²) in [6, 6.07) is 2.18. The van der Waals surface area contributed by atoms with E-state index in [1.807, 2.05) is 0 Å². The molecular formula is C13H18F2N2O. The molecule has 1 aliphatic rings. The maximum atomic E-state index is 13.8. The zero-order valence-electron chi connectivity index (χ0n) is 10.5. The van der Waals surface area contributed by atoms with Gasteiger partial charge in [0, 0.05) is 45.0 Å². The second-order valence-corrected chi connectivity index (χ2v) is 4.53. The van der Waals surface area contributed by atoms with Crippen LogP contribution in [-0.4, -0.2) is 31.7 Å². The van der Waals surface area contributed by atoms with Crippen LogP contribution in [0.1, 0.15) is 23.6 Å². The fraction of sp³-hybridized carbons (Fsp3) is 0.538. The lowest BCUT2D eigenvalue weighted by atomic mass is 10.0. The van der Waals surface area contributed by atoms with Crippen molar-refractivity contribution in [3.8, 4) is 0 Å². The van der Waals surface area contributed by atoms with E-state index in [9.17, 15) is 8.78 Å². The van der Waals surface area contributed by atoms with E-state index in [-0.39, 0.29) is 6.04 Å². The van der Waals surface area contributed by atoms with Gasteiger partial charge in [0.05, 0.1) is 6.04 Å². The molecule has 3 nitrogen and oxygen atoms in total. The first kappa shape index (κ1) is 13.4. The number of methoxy groups -OCH3 is 1. The van der Waals surface area contributed by atoms with Gasteiger partial charge in [0.2, 0.25) is 0 Å². The van der Waals surface area contributed by atoms with Gasteiger partial charge in [0.15, 0.2) is 0 Å². The lowest BCUT2D eigenvalue weighted by Crippen LogP contribution is -2.29. The highest BCUT2D eigenvalue weighted by Crippen LogP contribution is 2.35. The van der Waals surface area contributed by atoms with Crippen LogP contribution in [0.15, 0.2) is 12.1 Å². The first-order valence-electron chi connectivity index (χ1n) is 6.08. The molecule has 0 aliphatic carbocycles. The Balaban J connectivity index is 2.18. The molecule has 0 amide bonds. The van der Waals surface area contributed by atoms with E-state index in [4.69, 9.17) is 10.5 Å². The average Bonchev–Trinajstić information content (AvgIpc) is 2.67. The van der Waals surface area contributed by atoms with Crippen LogP contribution in [0, 0.1) is 11.6 Å². The summed E-state index contributed by atoms with van der Waals surface area (Å²) in [4.78, 5) is 2.08. The third-order valence-corrected chi connectivity index (χ3v) is 3.34. The van der Waals surface area contributed by atoms with Crippen molar-refractivity contribution in [1.82, 2.24) is 4.90 Å². The standard InChI is InChI=1S/C13H18F2N2O/c1-18-4-2-3-17-8-9-5-10(14)6-11(15)13(9)12(17)7-16/h5-6,12H,2-4,7-8,16H2,1H3. The molecule has 2 N–H and O–H groups in total. The van der Waals surface area contributed by atoms with Crippen LogP contribution in [0.3, 0.4) is 0 Å². The maximum Gasteiger partial charge on any atom is 0.131 e. The molecule has 2 rings (SSSR count). The van der Waals surface area contributed by atoms with Gasteiger partial charge in [-0.2, -0.15) is 0 Å². The molecule has 18 heavy (non-hydrogen) atoms. The highest BCUT2D eigenvalue weighted by Gasteiger charge is 2.31. The predicted octanol–water partition coefficient (Wildman–Crippen LogP) is 1.82. The second-order valence-electron chi connectivity index (χ2n) is 4.53. The molecule has 0 fully saturated rings. The molecule has 1 heterocycles. The topological polar surface area (TPSA) is 38.5 Å². The Morgan fingerprint density at radius 3 is 2.89 bits per heavy atom. The normalized spacial score (nSPS) is 19.2. The van der Waals surface area contributed by atoms with Crippen molar-refractivity contribution in [3.63, 3.8) is 0 Å². The van der Waals surface area contributed by atoms with Crippen molar-refractivity contribution < 1.29 is 13.5 Å². The Labute approximate surface area is 106 Å². The second kappa shape index (κ2) is 5.73. The number of hydrogen-bond donors (Lipinski definition) is 1. The van der Waals surface area contributed by atoms with Crippen LogP contribution in [0.2, 0.25) is 0 Å². The number of fused-ring (bicyclic) bond motifs is 1. The van der Waals surface area contributed by atoms with Gasteiger partial charge in [-0.1, -0.05) is 0 Å². The minimum absolute atomic E-state index is 0.155. The number of halogens is 2. The number of nitrogens with zero attached hydrogens (tertiary/aromatic N) is 1. The Morgan fingerprint density at radius 1 is 1.44 bits per heavy atom. The summed E-state index contributed by atoms with van der Waals surface area (Å²) in [6.07, 6.45) is 0.852. The molecule has 1 atom stereocenters. The Kier molecular flexibility index (Phi) is 4.27. The summed E-state index contributed by atoms with van der Waals surface area (Å²) in [7, 11) is 1.65. The number of hydrogen-bond acceptors (Lipinski definition) is 3. The highest BCUT2D eigenvalue weighted by molar-refractivity contribution is 5.36. The zero-order chi connectivity index (χ0) is 13.1. The third kappa shape index (κ3) is 2.53. The van der Waals surface area contributed by atoms with E-state index >= 15 is 0 Å². The summed E-state index contributed by atoms with van der Waals surface area (Å²) >= 11 is 0. The summed E-state index contributed by atoms with van der Waals surface area (Å²) < 4.78 is 32.0. The van der Waals surface area contributed by atoms with Crippen LogP contribution in [0.5, 0.6) is 0 Å². The summed E-state index contributed by atoms with van der Waals surface area (Å²) in [5.74, 6) is -1.02. The van der Waals surface area contributed by atoms with E-state index in [1.165, 1.54) is 6.07 Å². The molecule has 100 valence electrons. The van der Waals surface area contributed by atoms with E-state index in [1.54, 1.807) is 7.11 Å². The van der Waals surface area contributed by atoms with Crippen LogP contribution >= 0.6 is 0 Å². The van der Waals surface area contributed by atoms with Crippen LogP contribution in [0.25, 0.3) is 0 Å². The van der Waals surface area contributed by atoms with Gasteiger partial charge in [-0.15, -0.1) is 0 Å². The molecule has 1 aromatic rings. The molecule has 1 aliphatic heterocycles. The first-order chi connectivity index (χ1) is 8.67. The van der Waals surface area contributed by atoms with E-state index < -0.39 is 11.6 Å². The number of rotatable bonds is 5. The van der Waals surface area contributed by atoms with Crippen molar-refractivity contribution in [2.45, 2.75) is 19.0 Å². The molecule has 5 heteroatoms. The third-order valence-electron chi connectivity index (χ3n) is 3.34. The molecule has 1 unspecified atom stereocenters. The molecular weight excluding hydrogens is 238 g/mol. The monoisotopic (exact) mass is 256 g/mol. The van der Waals surface area contributed by atoms with Crippen molar-refractivity contribution in [3.05, 3.63) is 34.9 Å².